The van der Waals surface area contributed by atoms with Gasteiger partial charge >= 0.3 is 0 Å². The van der Waals surface area contributed by atoms with Crippen LogP contribution in [0.3, 0.4) is 0 Å². The van der Waals surface area contributed by atoms with E-state index in [0.29, 0.717) is 11.5 Å². The molecule has 1 aliphatic carbocycles. The van der Waals surface area contributed by atoms with Crippen LogP contribution in [0.1, 0.15) is 22.3 Å². The molecule has 0 saturated carbocycles. The van der Waals surface area contributed by atoms with Crippen molar-refractivity contribution in [3.05, 3.63) is 241 Å². The highest BCUT2D eigenvalue weighted by Gasteiger charge is 2.46. The number of rotatable bonds is 7. The number of furan rings is 1. The molecule has 0 aliphatic heterocycles. The van der Waals surface area contributed by atoms with Gasteiger partial charge in [0, 0.05) is 28.1 Å². The van der Waals surface area contributed by atoms with Crippen LogP contribution in [0.15, 0.2) is 227 Å². The third-order valence-electron chi connectivity index (χ3n) is 12.2. The molecule has 0 saturated heterocycles. The zero-order valence-electron chi connectivity index (χ0n) is 32.5. The number of hydrogen-bond donors (Lipinski definition) is 0. The van der Waals surface area contributed by atoms with E-state index in [1.165, 1.54) is 38.9 Å². The number of fused-ring (bicyclic) bond motifs is 7. The highest BCUT2D eigenvalue weighted by molar-refractivity contribution is 6.10. The fourth-order valence-corrected chi connectivity index (χ4v) is 9.52. The van der Waals surface area contributed by atoms with E-state index in [1.54, 1.807) is 0 Å². The second-order valence-corrected chi connectivity index (χ2v) is 15.5. The largest absolute Gasteiger partial charge is 0.454 e. The molecule has 9 aromatic carbocycles. The van der Waals surface area contributed by atoms with Crippen molar-refractivity contribution in [2.75, 3.05) is 4.90 Å². The van der Waals surface area contributed by atoms with Crippen LogP contribution < -0.4 is 4.90 Å². The Morgan fingerprint density at radius 2 is 1.00 bits per heavy atom. The van der Waals surface area contributed by atoms with Gasteiger partial charge in [-0.25, -0.2) is 4.98 Å². The molecule has 1 aliphatic rings. The van der Waals surface area contributed by atoms with Crippen LogP contribution in [0.2, 0.25) is 0 Å². The summed E-state index contributed by atoms with van der Waals surface area (Å²) in [4.78, 5) is 7.27. The van der Waals surface area contributed by atoms with Crippen LogP contribution >= 0.6 is 0 Å². The maximum atomic E-state index is 6.74. The van der Waals surface area contributed by atoms with E-state index < -0.39 is 5.41 Å². The smallest absolute Gasteiger partial charge is 0.227 e. The molecule has 282 valence electrons. The lowest BCUT2D eigenvalue weighted by Crippen LogP contribution is -2.28. The second kappa shape index (κ2) is 13.6. The van der Waals surface area contributed by atoms with Crippen LogP contribution in [-0.2, 0) is 5.41 Å². The van der Waals surface area contributed by atoms with Gasteiger partial charge in [-0.3, -0.25) is 0 Å². The Kier molecular flexibility index (Phi) is 7.72. The second-order valence-electron chi connectivity index (χ2n) is 15.5. The topological polar surface area (TPSA) is 42.4 Å². The number of oxazole rings is 1. The first-order valence-electron chi connectivity index (χ1n) is 20.4. The molecule has 0 fully saturated rings. The summed E-state index contributed by atoms with van der Waals surface area (Å²) in [5.41, 5.74) is 16.1. The van der Waals surface area contributed by atoms with Gasteiger partial charge in [0.25, 0.3) is 0 Å². The summed E-state index contributed by atoms with van der Waals surface area (Å²) >= 11 is 0. The Hall–Kier alpha value is -7.95. The molecule has 0 atom stereocenters. The molecule has 4 heteroatoms. The van der Waals surface area contributed by atoms with Gasteiger partial charge in [0.2, 0.25) is 5.89 Å². The van der Waals surface area contributed by atoms with Crippen LogP contribution in [0.5, 0.6) is 0 Å². The van der Waals surface area contributed by atoms with Crippen LogP contribution in [-0.4, -0.2) is 4.98 Å². The lowest BCUT2D eigenvalue weighted by atomic mass is 9.67. The predicted molar refractivity (Wildman–Crippen MR) is 244 cm³/mol. The fourth-order valence-electron chi connectivity index (χ4n) is 9.52. The number of aromatic nitrogens is 1. The molecular formula is C56H36N2O2. The van der Waals surface area contributed by atoms with Gasteiger partial charge in [-0.05, 0) is 93.0 Å². The number of benzene rings is 9. The van der Waals surface area contributed by atoms with E-state index in [0.717, 1.165) is 55.6 Å². The van der Waals surface area contributed by atoms with E-state index in [4.69, 9.17) is 13.8 Å². The Labute approximate surface area is 347 Å². The van der Waals surface area contributed by atoms with E-state index in [9.17, 15) is 0 Å². The molecule has 4 nitrogen and oxygen atoms in total. The summed E-state index contributed by atoms with van der Waals surface area (Å²) in [7, 11) is 0. The maximum Gasteiger partial charge on any atom is 0.227 e. The normalized spacial score (nSPS) is 12.8. The molecule has 0 spiro atoms. The van der Waals surface area contributed by atoms with Crippen LogP contribution in [0.25, 0.3) is 66.7 Å². The minimum atomic E-state index is -0.554. The molecule has 60 heavy (non-hydrogen) atoms. The van der Waals surface area contributed by atoms with E-state index in [2.05, 4.69) is 205 Å². The SMILES string of the molecule is c1ccc(-c2ccc(-c3nc4ccc(N(c5ccc6c(c5)C(c5ccccc5)(c5ccccc5)c5ccccc5-6)c5cccc6c5oc5ccccc56)cc4o3)cc2)cc1. The Balaban J connectivity index is 1.07. The lowest BCUT2D eigenvalue weighted by molar-refractivity contribution is 0.620. The monoisotopic (exact) mass is 768 g/mol. The van der Waals surface area contributed by atoms with Gasteiger partial charge in [0.1, 0.15) is 11.1 Å². The quantitative estimate of drug-likeness (QED) is 0.162. The zero-order valence-corrected chi connectivity index (χ0v) is 32.5. The number of anilines is 3. The van der Waals surface area contributed by atoms with Crippen molar-refractivity contribution in [2.45, 2.75) is 5.41 Å². The van der Waals surface area contributed by atoms with Gasteiger partial charge in [-0.2, -0.15) is 0 Å². The zero-order chi connectivity index (χ0) is 39.6. The fraction of sp³-hybridized carbons (Fsp3) is 0.0179. The van der Waals surface area contributed by atoms with Gasteiger partial charge in [0.05, 0.1) is 16.8 Å². The number of para-hydroxylation sites is 2. The first-order chi connectivity index (χ1) is 29.7. The van der Waals surface area contributed by atoms with E-state index in [-0.39, 0.29) is 0 Å². The maximum absolute atomic E-state index is 6.74. The van der Waals surface area contributed by atoms with Gasteiger partial charge < -0.3 is 13.7 Å². The molecule has 0 radical (unpaired) electrons. The number of hydrogen-bond acceptors (Lipinski definition) is 4. The molecular weight excluding hydrogens is 733 g/mol. The van der Waals surface area contributed by atoms with E-state index >= 15 is 0 Å². The molecule has 0 bridgehead atoms. The van der Waals surface area contributed by atoms with Crippen LogP contribution in [0, 0.1) is 0 Å². The highest BCUT2D eigenvalue weighted by Crippen LogP contribution is 2.57. The molecule has 0 N–H and O–H groups in total. The van der Waals surface area contributed by atoms with E-state index in [1.807, 2.05) is 18.2 Å². The molecule has 2 heterocycles. The average Bonchev–Trinajstić information content (AvgIpc) is 4.01. The number of nitrogens with zero attached hydrogens (tertiary/aromatic N) is 2. The summed E-state index contributed by atoms with van der Waals surface area (Å²) in [6.45, 7) is 0. The van der Waals surface area contributed by atoms with Crippen molar-refractivity contribution in [1.82, 2.24) is 4.98 Å². The Bertz CT molecular complexity index is 3330. The lowest BCUT2D eigenvalue weighted by Gasteiger charge is -2.34. The third-order valence-corrected chi connectivity index (χ3v) is 12.2. The van der Waals surface area contributed by atoms with Crippen molar-refractivity contribution in [2.24, 2.45) is 0 Å². The molecule has 11 aromatic rings. The minimum absolute atomic E-state index is 0.554. The molecule has 12 rings (SSSR count). The van der Waals surface area contributed by atoms with Gasteiger partial charge in [-0.1, -0.05) is 164 Å². The summed E-state index contributed by atoms with van der Waals surface area (Å²) in [5, 5.41) is 2.14. The standard InChI is InChI=1S/C56H36N2O2/c1-4-15-37(16-5-1)38-27-29-39(30-28-38)55-57-50-34-32-43(36-53(50)60-55)58(51-25-14-23-47-46-22-11-13-26-52(46)59-54(47)51)42-31-33-45-44-21-10-12-24-48(44)56(49(45)35-42,40-17-6-2-7-18-40)41-19-8-3-9-20-41/h1-36H. The molecule has 0 unspecified atom stereocenters. The van der Waals surface area contributed by atoms with Gasteiger partial charge in [-0.15, -0.1) is 0 Å². The predicted octanol–water partition coefficient (Wildman–Crippen LogP) is 14.9. The molecule has 0 amide bonds. The summed E-state index contributed by atoms with van der Waals surface area (Å²) < 4.78 is 13.3. The first-order valence-corrected chi connectivity index (χ1v) is 20.4. The first kappa shape index (κ1) is 34.1. The summed E-state index contributed by atoms with van der Waals surface area (Å²) in [6, 6.07) is 77.5. The minimum Gasteiger partial charge on any atom is -0.454 e. The van der Waals surface area contributed by atoms with Crippen molar-refractivity contribution in [3.8, 4) is 33.7 Å². The van der Waals surface area contributed by atoms with Gasteiger partial charge in [0.15, 0.2) is 11.2 Å². The highest BCUT2D eigenvalue weighted by atomic mass is 16.3. The average molecular weight is 769 g/mol. The Morgan fingerprint density at radius 1 is 0.400 bits per heavy atom. The van der Waals surface area contributed by atoms with Crippen molar-refractivity contribution in [3.63, 3.8) is 0 Å². The third kappa shape index (κ3) is 5.21. The summed E-state index contributed by atoms with van der Waals surface area (Å²) in [5.74, 6) is 0.582. The van der Waals surface area contributed by atoms with Crippen molar-refractivity contribution in [1.29, 1.82) is 0 Å². The van der Waals surface area contributed by atoms with Crippen molar-refractivity contribution >= 4 is 50.1 Å². The Morgan fingerprint density at radius 3 is 1.78 bits per heavy atom. The van der Waals surface area contributed by atoms with Crippen LogP contribution in [0.4, 0.5) is 17.1 Å². The molecule has 2 aromatic heterocycles. The summed E-state index contributed by atoms with van der Waals surface area (Å²) in [6.07, 6.45) is 0. The van der Waals surface area contributed by atoms with Crippen molar-refractivity contribution < 1.29 is 8.83 Å².